The summed E-state index contributed by atoms with van der Waals surface area (Å²) < 4.78 is 16.8. The molecule has 17 heavy (non-hydrogen) atoms. The van der Waals surface area contributed by atoms with Gasteiger partial charge >= 0.3 is 0 Å². The maximum atomic E-state index is 5.90. The number of likely N-dealkylation sites (N-methyl/N-ethyl adjacent to an activating group) is 1. The van der Waals surface area contributed by atoms with Crippen LogP contribution in [0.15, 0.2) is 0 Å². The van der Waals surface area contributed by atoms with E-state index in [1.807, 2.05) is 7.11 Å². The lowest BCUT2D eigenvalue weighted by Crippen LogP contribution is -2.58. The Morgan fingerprint density at radius 3 is 2.24 bits per heavy atom. The third-order valence-corrected chi connectivity index (χ3v) is 4.36. The molecule has 0 saturated carbocycles. The first-order valence-electron chi connectivity index (χ1n) is 6.70. The fourth-order valence-corrected chi connectivity index (χ4v) is 3.34. The van der Waals surface area contributed by atoms with Crippen LogP contribution in [0.4, 0.5) is 0 Å². The zero-order valence-electron chi connectivity index (χ0n) is 11.0. The molecule has 2 rings (SSSR count). The zero-order chi connectivity index (χ0) is 12.1. The number of rotatable bonds is 4. The van der Waals surface area contributed by atoms with Gasteiger partial charge in [0.2, 0.25) is 0 Å². The molecule has 0 aromatic rings. The van der Waals surface area contributed by atoms with Crippen LogP contribution >= 0.6 is 0 Å². The van der Waals surface area contributed by atoms with E-state index in [4.69, 9.17) is 14.2 Å². The number of hydrogen-bond donors (Lipinski definition) is 1. The van der Waals surface area contributed by atoms with Crippen molar-refractivity contribution in [3.63, 3.8) is 0 Å². The first-order chi connectivity index (χ1) is 8.32. The fourth-order valence-electron chi connectivity index (χ4n) is 3.34. The lowest BCUT2D eigenvalue weighted by Gasteiger charge is -2.46. The molecule has 0 bridgehead atoms. The van der Waals surface area contributed by atoms with Crippen LogP contribution in [-0.2, 0) is 14.2 Å². The summed E-state index contributed by atoms with van der Waals surface area (Å²) in [6, 6.07) is 0.417. The average molecular weight is 243 g/mol. The molecule has 0 amide bonds. The second-order valence-corrected chi connectivity index (χ2v) is 5.10. The van der Waals surface area contributed by atoms with Gasteiger partial charge in [0.25, 0.3) is 0 Å². The van der Waals surface area contributed by atoms with Crippen LogP contribution in [0, 0.1) is 5.92 Å². The van der Waals surface area contributed by atoms with E-state index in [0.29, 0.717) is 12.0 Å². The van der Waals surface area contributed by atoms with Crippen molar-refractivity contribution in [1.29, 1.82) is 0 Å². The van der Waals surface area contributed by atoms with E-state index >= 15 is 0 Å². The van der Waals surface area contributed by atoms with Gasteiger partial charge < -0.3 is 19.5 Å². The summed E-state index contributed by atoms with van der Waals surface area (Å²) in [5.41, 5.74) is -0.0466. The van der Waals surface area contributed by atoms with E-state index in [-0.39, 0.29) is 5.60 Å². The van der Waals surface area contributed by atoms with Crippen molar-refractivity contribution >= 4 is 0 Å². The summed E-state index contributed by atoms with van der Waals surface area (Å²) in [5.74, 6) is 0.659. The molecule has 2 aliphatic heterocycles. The van der Waals surface area contributed by atoms with Crippen LogP contribution in [0.1, 0.15) is 25.7 Å². The molecule has 1 unspecified atom stereocenters. The average Bonchev–Trinajstić information content (AvgIpc) is 2.42. The molecule has 0 radical (unpaired) electrons. The Morgan fingerprint density at radius 2 is 1.71 bits per heavy atom. The van der Waals surface area contributed by atoms with Crippen LogP contribution < -0.4 is 5.32 Å². The van der Waals surface area contributed by atoms with Gasteiger partial charge in [-0.1, -0.05) is 0 Å². The Balaban J connectivity index is 2.07. The molecular formula is C13H25NO3. The third kappa shape index (κ3) is 2.81. The maximum absolute atomic E-state index is 5.90. The summed E-state index contributed by atoms with van der Waals surface area (Å²) in [6.45, 7) is 3.41. The van der Waals surface area contributed by atoms with Crippen molar-refractivity contribution in [3.8, 4) is 0 Å². The molecule has 1 N–H and O–H groups in total. The number of methoxy groups -OCH3 is 1. The summed E-state index contributed by atoms with van der Waals surface area (Å²) in [6.07, 6.45) is 4.26. The van der Waals surface area contributed by atoms with Crippen molar-refractivity contribution in [2.24, 2.45) is 5.92 Å². The standard InChI is InChI=1S/C13H25NO3/c1-14-12(11-3-7-16-8-4-11)13(15-2)5-9-17-10-6-13/h11-12,14H,3-10H2,1-2H3. The molecule has 100 valence electrons. The molecule has 0 aliphatic carbocycles. The lowest BCUT2D eigenvalue weighted by molar-refractivity contribution is -0.126. The highest BCUT2D eigenvalue weighted by atomic mass is 16.5. The van der Waals surface area contributed by atoms with Gasteiger partial charge in [0.1, 0.15) is 0 Å². The Hall–Kier alpha value is -0.160. The minimum absolute atomic E-state index is 0.0466. The van der Waals surface area contributed by atoms with Crippen LogP contribution in [-0.4, -0.2) is 52.2 Å². The van der Waals surface area contributed by atoms with Gasteiger partial charge in [0.05, 0.1) is 5.60 Å². The van der Waals surface area contributed by atoms with Gasteiger partial charge in [-0.3, -0.25) is 0 Å². The second-order valence-electron chi connectivity index (χ2n) is 5.10. The van der Waals surface area contributed by atoms with Crippen molar-refractivity contribution < 1.29 is 14.2 Å². The number of ether oxygens (including phenoxy) is 3. The molecule has 0 aromatic carbocycles. The van der Waals surface area contributed by atoms with Crippen molar-refractivity contribution in [2.75, 3.05) is 40.6 Å². The van der Waals surface area contributed by atoms with Crippen molar-refractivity contribution in [3.05, 3.63) is 0 Å². The molecule has 2 heterocycles. The minimum atomic E-state index is -0.0466. The summed E-state index contributed by atoms with van der Waals surface area (Å²) in [4.78, 5) is 0. The molecular weight excluding hydrogens is 218 g/mol. The predicted octanol–water partition coefficient (Wildman–Crippen LogP) is 1.20. The summed E-state index contributed by atoms with van der Waals surface area (Å²) in [7, 11) is 3.89. The highest BCUT2D eigenvalue weighted by Gasteiger charge is 2.43. The SMILES string of the molecule is CNC(C1CCOCC1)C1(OC)CCOCC1. The van der Waals surface area contributed by atoms with Crippen LogP contribution in [0.3, 0.4) is 0 Å². The van der Waals surface area contributed by atoms with E-state index in [2.05, 4.69) is 12.4 Å². The van der Waals surface area contributed by atoms with Crippen molar-refractivity contribution in [1.82, 2.24) is 5.32 Å². The molecule has 0 aromatic heterocycles. The molecule has 4 nitrogen and oxygen atoms in total. The zero-order valence-corrected chi connectivity index (χ0v) is 11.0. The Bertz CT molecular complexity index is 223. The van der Waals surface area contributed by atoms with Crippen LogP contribution in [0.2, 0.25) is 0 Å². The molecule has 1 atom stereocenters. The Kier molecular flexibility index (Phi) is 4.79. The minimum Gasteiger partial charge on any atom is -0.381 e. The number of hydrogen-bond acceptors (Lipinski definition) is 4. The molecule has 2 fully saturated rings. The topological polar surface area (TPSA) is 39.7 Å². The van der Waals surface area contributed by atoms with Gasteiger partial charge in [0, 0.05) is 52.4 Å². The van der Waals surface area contributed by atoms with Crippen LogP contribution in [0.25, 0.3) is 0 Å². The highest BCUT2D eigenvalue weighted by molar-refractivity contribution is 4.98. The van der Waals surface area contributed by atoms with Gasteiger partial charge in [0.15, 0.2) is 0 Å². The van der Waals surface area contributed by atoms with Gasteiger partial charge in [-0.15, -0.1) is 0 Å². The monoisotopic (exact) mass is 243 g/mol. The predicted molar refractivity (Wildman–Crippen MR) is 66.2 cm³/mol. The molecule has 4 heteroatoms. The molecule has 0 spiro atoms. The highest BCUT2D eigenvalue weighted by Crippen LogP contribution is 2.35. The lowest BCUT2D eigenvalue weighted by atomic mass is 9.76. The largest absolute Gasteiger partial charge is 0.381 e. The normalized spacial score (nSPS) is 27.9. The first-order valence-corrected chi connectivity index (χ1v) is 6.70. The number of nitrogens with one attached hydrogen (secondary N) is 1. The maximum Gasteiger partial charge on any atom is 0.0877 e. The van der Waals surface area contributed by atoms with Gasteiger partial charge in [-0.2, -0.15) is 0 Å². The van der Waals surface area contributed by atoms with E-state index < -0.39 is 0 Å². The van der Waals surface area contributed by atoms with E-state index in [0.717, 1.165) is 52.1 Å². The van der Waals surface area contributed by atoms with Crippen LogP contribution in [0.5, 0.6) is 0 Å². The summed E-state index contributed by atoms with van der Waals surface area (Å²) >= 11 is 0. The Labute approximate surface area is 104 Å². The van der Waals surface area contributed by atoms with Gasteiger partial charge in [-0.05, 0) is 25.8 Å². The third-order valence-electron chi connectivity index (χ3n) is 4.36. The smallest absolute Gasteiger partial charge is 0.0877 e. The van der Waals surface area contributed by atoms with E-state index in [1.54, 1.807) is 0 Å². The Morgan fingerprint density at radius 1 is 1.12 bits per heavy atom. The molecule has 2 aliphatic rings. The first kappa shape index (κ1) is 13.3. The van der Waals surface area contributed by atoms with E-state index in [1.165, 1.54) is 0 Å². The quantitative estimate of drug-likeness (QED) is 0.805. The second kappa shape index (κ2) is 6.14. The fraction of sp³-hybridized carbons (Fsp3) is 1.00. The van der Waals surface area contributed by atoms with E-state index in [9.17, 15) is 0 Å². The molecule has 2 saturated heterocycles. The summed E-state index contributed by atoms with van der Waals surface area (Å²) in [5, 5.41) is 3.50. The van der Waals surface area contributed by atoms with Crippen molar-refractivity contribution in [2.45, 2.75) is 37.3 Å². The van der Waals surface area contributed by atoms with Gasteiger partial charge in [-0.25, -0.2) is 0 Å².